The van der Waals surface area contributed by atoms with Crippen LogP contribution in [-0.2, 0) is 22.6 Å². The molecule has 1 N–H and O–H groups in total. The van der Waals surface area contributed by atoms with Gasteiger partial charge in [-0.1, -0.05) is 66.2 Å². The molecule has 0 bridgehead atoms. The quantitative estimate of drug-likeness (QED) is 0.377. The number of carbonyl (C=O) groups is 2. The highest BCUT2D eigenvalue weighted by Crippen LogP contribution is 2.26. The summed E-state index contributed by atoms with van der Waals surface area (Å²) in [5.74, 6) is 0.127. The fourth-order valence-electron chi connectivity index (χ4n) is 4.12. The highest BCUT2D eigenvalue weighted by molar-refractivity contribution is 6.32. The van der Waals surface area contributed by atoms with E-state index in [-0.39, 0.29) is 24.5 Å². The van der Waals surface area contributed by atoms with Gasteiger partial charge >= 0.3 is 0 Å². The second-order valence-electron chi connectivity index (χ2n) is 9.48. The van der Waals surface area contributed by atoms with Crippen LogP contribution in [0.4, 0.5) is 0 Å². The van der Waals surface area contributed by atoms with E-state index in [2.05, 4.69) is 5.32 Å². The van der Waals surface area contributed by atoms with Crippen molar-refractivity contribution in [1.82, 2.24) is 10.2 Å². The summed E-state index contributed by atoms with van der Waals surface area (Å²) in [5, 5.41) is 3.69. The molecule has 6 heteroatoms. The Morgan fingerprint density at radius 1 is 0.917 bits per heavy atom. The number of hydrogen-bond donors (Lipinski definition) is 1. The number of ether oxygens (including phenoxy) is 1. The summed E-state index contributed by atoms with van der Waals surface area (Å²) in [6, 6.07) is 20.6. The Morgan fingerprint density at radius 2 is 1.53 bits per heavy atom. The molecule has 0 fully saturated rings. The lowest BCUT2D eigenvalue weighted by molar-refractivity contribution is -0.143. The molecule has 0 saturated carbocycles. The number of carbonyl (C=O) groups excluding carboxylic acids is 2. The fraction of sp³-hybridized carbons (Fsp3) is 0.333. The molecule has 190 valence electrons. The maximum atomic E-state index is 13.7. The van der Waals surface area contributed by atoms with Crippen LogP contribution in [-0.4, -0.2) is 35.4 Å². The SMILES string of the molecule is Cc1ccccc1CN(C(=O)COc1cc(C)c(Cl)c(C)c1)[C@@H](Cc1ccccc1)C(=O)NC(C)C. The monoisotopic (exact) mass is 506 g/mol. The maximum Gasteiger partial charge on any atom is 0.261 e. The van der Waals surface area contributed by atoms with Crippen LogP contribution in [0.3, 0.4) is 0 Å². The van der Waals surface area contributed by atoms with Gasteiger partial charge in [-0.05, 0) is 74.6 Å². The van der Waals surface area contributed by atoms with E-state index in [0.29, 0.717) is 23.7 Å². The number of nitrogens with one attached hydrogen (secondary N) is 1. The Hall–Kier alpha value is -3.31. The molecule has 0 aromatic heterocycles. The first-order valence-corrected chi connectivity index (χ1v) is 12.6. The van der Waals surface area contributed by atoms with Crippen LogP contribution in [0, 0.1) is 20.8 Å². The standard InChI is InChI=1S/C30H35ClN2O3/c1-20(2)32-30(35)27(17-24-12-7-6-8-13-24)33(18-25-14-10-9-11-21(25)3)28(34)19-36-26-15-22(4)29(31)23(5)16-26/h6-16,20,27H,17-19H2,1-5H3,(H,32,35)/t27-/m0/s1. The van der Waals surface area contributed by atoms with Crippen molar-refractivity contribution in [3.8, 4) is 5.75 Å². The zero-order chi connectivity index (χ0) is 26.2. The summed E-state index contributed by atoms with van der Waals surface area (Å²) in [6.45, 7) is 9.76. The van der Waals surface area contributed by atoms with E-state index in [4.69, 9.17) is 16.3 Å². The minimum atomic E-state index is -0.695. The molecule has 2 amide bonds. The van der Waals surface area contributed by atoms with Crippen molar-refractivity contribution in [3.05, 3.63) is 99.6 Å². The predicted molar refractivity (Wildman–Crippen MR) is 145 cm³/mol. The smallest absolute Gasteiger partial charge is 0.261 e. The molecule has 0 unspecified atom stereocenters. The predicted octanol–water partition coefficient (Wildman–Crippen LogP) is 5.81. The van der Waals surface area contributed by atoms with Crippen LogP contribution in [0.15, 0.2) is 66.7 Å². The molecule has 0 spiro atoms. The van der Waals surface area contributed by atoms with Crippen LogP contribution >= 0.6 is 11.6 Å². The summed E-state index contributed by atoms with van der Waals surface area (Å²) in [4.78, 5) is 28.7. The minimum Gasteiger partial charge on any atom is -0.484 e. The average molecular weight is 507 g/mol. The molecule has 0 radical (unpaired) electrons. The third-order valence-corrected chi connectivity index (χ3v) is 6.67. The van der Waals surface area contributed by atoms with Crippen molar-refractivity contribution < 1.29 is 14.3 Å². The Morgan fingerprint density at radius 3 is 2.14 bits per heavy atom. The van der Waals surface area contributed by atoms with E-state index in [0.717, 1.165) is 27.8 Å². The van der Waals surface area contributed by atoms with Crippen LogP contribution in [0.1, 0.15) is 41.7 Å². The lowest BCUT2D eigenvalue weighted by Gasteiger charge is -2.32. The number of amides is 2. The van der Waals surface area contributed by atoms with Crippen molar-refractivity contribution in [1.29, 1.82) is 0 Å². The first-order valence-electron chi connectivity index (χ1n) is 12.2. The molecular formula is C30H35ClN2O3. The van der Waals surface area contributed by atoms with Gasteiger partial charge in [0.2, 0.25) is 5.91 Å². The molecule has 1 atom stereocenters. The van der Waals surface area contributed by atoms with Crippen molar-refractivity contribution in [2.45, 2.75) is 59.7 Å². The zero-order valence-corrected chi connectivity index (χ0v) is 22.4. The Kier molecular flexibility index (Phi) is 9.54. The third-order valence-electron chi connectivity index (χ3n) is 6.08. The van der Waals surface area contributed by atoms with Gasteiger partial charge in [-0.15, -0.1) is 0 Å². The van der Waals surface area contributed by atoms with Crippen LogP contribution < -0.4 is 10.1 Å². The summed E-state index contributed by atoms with van der Waals surface area (Å²) >= 11 is 6.29. The van der Waals surface area contributed by atoms with Gasteiger partial charge in [-0.3, -0.25) is 9.59 Å². The van der Waals surface area contributed by atoms with Crippen LogP contribution in [0.5, 0.6) is 5.75 Å². The van der Waals surface area contributed by atoms with E-state index >= 15 is 0 Å². The molecule has 0 aliphatic carbocycles. The third kappa shape index (κ3) is 7.34. The van der Waals surface area contributed by atoms with Crippen molar-refractivity contribution in [2.75, 3.05) is 6.61 Å². The van der Waals surface area contributed by atoms with Gasteiger partial charge < -0.3 is 15.0 Å². The molecule has 3 rings (SSSR count). The van der Waals surface area contributed by atoms with Gasteiger partial charge in [0, 0.05) is 24.0 Å². The number of benzene rings is 3. The normalized spacial score (nSPS) is 11.8. The van der Waals surface area contributed by atoms with E-state index in [9.17, 15) is 9.59 Å². The van der Waals surface area contributed by atoms with Crippen LogP contribution in [0.2, 0.25) is 5.02 Å². The molecule has 0 heterocycles. The molecule has 36 heavy (non-hydrogen) atoms. The van der Waals surface area contributed by atoms with Crippen molar-refractivity contribution in [2.24, 2.45) is 0 Å². The van der Waals surface area contributed by atoms with Gasteiger partial charge in [0.15, 0.2) is 6.61 Å². The maximum absolute atomic E-state index is 13.7. The molecule has 3 aromatic carbocycles. The van der Waals surface area contributed by atoms with E-state index in [1.54, 1.807) is 4.90 Å². The van der Waals surface area contributed by atoms with Gasteiger partial charge in [0.25, 0.3) is 5.91 Å². The molecular weight excluding hydrogens is 472 g/mol. The second kappa shape index (κ2) is 12.6. The van der Waals surface area contributed by atoms with E-state index in [1.807, 2.05) is 101 Å². The van der Waals surface area contributed by atoms with E-state index < -0.39 is 6.04 Å². The first-order chi connectivity index (χ1) is 17.2. The number of halogens is 1. The summed E-state index contributed by atoms with van der Waals surface area (Å²) in [6.07, 6.45) is 0.399. The summed E-state index contributed by atoms with van der Waals surface area (Å²) in [5.41, 5.74) is 4.79. The average Bonchev–Trinajstić information content (AvgIpc) is 2.84. The van der Waals surface area contributed by atoms with Gasteiger partial charge in [-0.25, -0.2) is 0 Å². The van der Waals surface area contributed by atoms with Crippen molar-refractivity contribution >= 4 is 23.4 Å². The molecule has 0 aliphatic rings. The zero-order valence-electron chi connectivity index (χ0n) is 21.7. The Labute approximate surface area is 219 Å². The Balaban J connectivity index is 1.93. The summed E-state index contributed by atoms with van der Waals surface area (Å²) in [7, 11) is 0. The lowest BCUT2D eigenvalue weighted by Crippen LogP contribution is -2.52. The fourth-order valence-corrected chi connectivity index (χ4v) is 4.23. The topological polar surface area (TPSA) is 58.6 Å². The molecule has 5 nitrogen and oxygen atoms in total. The van der Waals surface area contributed by atoms with Gasteiger partial charge in [-0.2, -0.15) is 0 Å². The molecule has 0 aliphatic heterocycles. The highest BCUT2D eigenvalue weighted by atomic mass is 35.5. The number of hydrogen-bond acceptors (Lipinski definition) is 3. The first kappa shape index (κ1) is 27.3. The van der Waals surface area contributed by atoms with Crippen molar-refractivity contribution in [3.63, 3.8) is 0 Å². The highest BCUT2D eigenvalue weighted by Gasteiger charge is 2.31. The van der Waals surface area contributed by atoms with E-state index in [1.165, 1.54) is 0 Å². The van der Waals surface area contributed by atoms with Gasteiger partial charge in [0.1, 0.15) is 11.8 Å². The largest absolute Gasteiger partial charge is 0.484 e. The Bertz CT molecular complexity index is 1170. The van der Waals surface area contributed by atoms with Gasteiger partial charge in [0.05, 0.1) is 0 Å². The number of rotatable bonds is 10. The second-order valence-corrected chi connectivity index (χ2v) is 9.85. The minimum absolute atomic E-state index is 0.0533. The molecule has 0 saturated heterocycles. The van der Waals surface area contributed by atoms with Crippen LogP contribution in [0.25, 0.3) is 0 Å². The lowest BCUT2D eigenvalue weighted by atomic mass is 10.0. The number of aryl methyl sites for hydroxylation is 3. The molecule has 3 aromatic rings. The summed E-state index contributed by atoms with van der Waals surface area (Å²) < 4.78 is 5.91. The number of nitrogens with zero attached hydrogens (tertiary/aromatic N) is 1.